The molecule has 0 fully saturated rings. The first kappa shape index (κ1) is 18.7. The van der Waals surface area contributed by atoms with Gasteiger partial charge in [-0.15, -0.1) is 0 Å². The second-order valence-corrected chi connectivity index (χ2v) is 7.07. The van der Waals surface area contributed by atoms with E-state index in [0.29, 0.717) is 28.1 Å². The van der Waals surface area contributed by atoms with Crippen LogP contribution in [-0.2, 0) is 31.9 Å². The van der Waals surface area contributed by atoms with E-state index in [1.807, 2.05) is 0 Å². The Labute approximate surface area is 166 Å². The molecular weight excluding hydrogens is 376 g/mol. The van der Waals surface area contributed by atoms with Gasteiger partial charge in [-0.3, -0.25) is 9.59 Å². The summed E-state index contributed by atoms with van der Waals surface area (Å²) < 4.78 is 9.46. The highest BCUT2D eigenvalue weighted by molar-refractivity contribution is 6.18. The molecule has 2 aliphatic rings. The summed E-state index contributed by atoms with van der Waals surface area (Å²) in [6.07, 6.45) is 0.312. The molecule has 8 nitrogen and oxygen atoms in total. The maximum atomic E-state index is 13.0. The Hall–Kier alpha value is -3.68. The van der Waals surface area contributed by atoms with Crippen LogP contribution < -0.4 is 10.6 Å². The zero-order chi connectivity index (χ0) is 20.8. The standard InChI is InChI=1S/C21H18N2O6/c1-28-17(24)11-5-6-15-14(7-11)10-21(19(26)22-15)9-13-4-3-12(18(25)29-2)8-16(13)23-20(21)27/h3-8H,9-10H2,1-2H3,(H,22,26)(H,23,27). The quantitative estimate of drug-likeness (QED) is 0.595. The Morgan fingerprint density at radius 1 is 0.793 bits per heavy atom. The van der Waals surface area contributed by atoms with Crippen LogP contribution in [0.2, 0.25) is 0 Å². The zero-order valence-corrected chi connectivity index (χ0v) is 15.8. The summed E-state index contributed by atoms with van der Waals surface area (Å²) in [5, 5.41) is 5.53. The molecule has 0 saturated heterocycles. The number of rotatable bonds is 2. The van der Waals surface area contributed by atoms with E-state index in [-0.39, 0.29) is 12.8 Å². The van der Waals surface area contributed by atoms with Crippen molar-refractivity contribution in [3.05, 3.63) is 58.7 Å². The topological polar surface area (TPSA) is 111 Å². The van der Waals surface area contributed by atoms with Gasteiger partial charge in [-0.1, -0.05) is 6.07 Å². The van der Waals surface area contributed by atoms with E-state index < -0.39 is 29.2 Å². The lowest BCUT2D eigenvalue weighted by Gasteiger charge is -2.39. The van der Waals surface area contributed by atoms with Crippen LogP contribution in [0.1, 0.15) is 31.8 Å². The van der Waals surface area contributed by atoms with E-state index in [0.717, 1.165) is 5.56 Å². The molecule has 1 unspecified atom stereocenters. The van der Waals surface area contributed by atoms with Crippen molar-refractivity contribution < 1.29 is 28.7 Å². The summed E-state index contributed by atoms with van der Waals surface area (Å²) in [6.45, 7) is 0. The fourth-order valence-electron chi connectivity index (χ4n) is 3.82. The van der Waals surface area contributed by atoms with Crippen LogP contribution in [0.3, 0.4) is 0 Å². The highest BCUT2D eigenvalue weighted by Gasteiger charge is 2.51. The van der Waals surface area contributed by atoms with Gasteiger partial charge in [0.25, 0.3) is 0 Å². The average molecular weight is 394 g/mol. The van der Waals surface area contributed by atoms with Crippen LogP contribution >= 0.6 is 0 Å². The van der Waals surface area contributed by atoms with E-state index >= 15 is 0 Å². The predicted molar refractivity (Wildman–Crippen MR) is 103 cm³/mol. The van der Waals surface area contributed by atoms with Crippen molar-refractivity contribution >= 4 is 35.1 Å². The van der Waals surface area contributed by atoms with Crippen molar-refractivity contribution in [1.29, 1.82) is 0 Å². The van der Waals surface area contributed by atoms with Crippen LogP contribution in [0.4, 0.5) is 11.4 Å². The van der Waals surface area contributed by atoms with Crippen LogP contribution in [0.5, 0.6) is 0 Å². The molecule has 2 heterocycles. The minimum absolute atomic E-state index is 0.142. The number of anilines is 2. The van der Waals surface area contributed by atoms with Crippen LogP contribution in [0.25, 0.3) is 0 Å². The van der Waals surface area contributed by atoms with Crippen LogP contribution in [0, 0.1) is 5.41 Å². The average Bonchev–Trinajstić information content (AvgIpc) is 2.73. The molecule has 0 bridgehead atoms. The Kier molecular flexibility index (Phi) is 4.34. The number of ether oxygens (including phenoxy) is 2. The lowest BCUT2D eigenvalue weighted by Crippen LogP contribution is -2.53. The fourth-order valence-corrected chi connectivity index (χ4v) is 3.82. The third-order valence-electron chi connectivity index (χ3n) is 5.41. The van der Waals surface area contributed by atoms with Gasteiger partial charge >= 0.3 is 11.9 Å². The summed E-state index contributed by atoms with van der Waals surface area (Å²) in [6, 6.07) is 9.66. The number of methoxy groups -OCH3 is 2. The molecule has 0 saturated carbocycles. The molecule has 148 valence electrons. The third kappa shape index (κ3) is 2.93. The first-order valence-electron chi connectivity index (χ1n) is 8.93. The molecule has 4 rings (SSSR count). The number of nitrogens with one attached hydrogen (secondary N) is 2. The van der Waals surface area contributed by atoms with Gasteiger partial charge in [0.15, 0.2) is 0 Å². The first-order chi connectivity index (χ1) is 13.9. The SMILES string of the molecule is COC(=O)c1ccc2c(c1)CC1(Cc3ccc(C(=O)OC)cc3NC1=O)C(=O)N2. The van der Waals surface area contributed by atoms with Gasteiger partial charge in [0.1, 0.15) is 5.41 Å². The molecule has 2 N–H and O–H groups in total. The second-order valence-electron chi connectivity index (χ2n) is 7.07. The lowest BCUT2D eigenvalue weighted by atomic mass is 9.70. The Balaban J connectivity index is 1.72. The van der Waals surface area contributed by atoms with Crippen molar-refractivity contribution in [2.75, 3.05) is 24.9 Å². The van der Waals surface area contributed by atoms with E-state index in [2.05, 4.69) is 10.6 Å². The molecule has 1 spiro atoms. The Bertz CT molecular complexity index is 1080. The van der Waals surface area contributed by atoms with E-state index in [4.69, 9.17) is 9.47 Å². The number of benzene rings is 2. The molecule has 0 aromatic heterocycles. The molecule has 2 amide bonds. The maximum absolute atomic E-state index is 13.0. The highest BCUT2D eigenvalue weighted by atomic mass is 16.5. The van der Waals surface area contributed by atoms with Crippen molar-refractivity contribution in [2.45, 2.75) is 12.8 Å². The Morgan fingerprint density at radius 3 is 2.00 bits per heavy atom. The summed E-state index contributed by atoms with van der Waals surface area (Å²) in [4.78, 5) is 49.5. The van der Waals surface area contributed by atoms with Gasteiger partial charge in [0, 0.05) is 11.4 Å². The number of amides is 2. The monoisotopic (exact) mass is 394 g/mol. The smallest absolute Gasteiger partial charge is 0.337 e. The molecule has 0 radical (unpaired) electrons. The minimum Gasteiger partial charge on any atom is -0.465 e. The molecule has 0 aliphatic carbocycles. The summed E-state index contributed by atoms with van der Waals surface area (Å²) in [5.74, 6) is -1.87. The number of carbonyl (C=O) groups excluding carboxylic acids is 4. The number of hydrogen-bond donors (Lipinski definition) is 2. The van der Waals surface area contributed by atoms with Crippen molar-refractivity contribution in [3.63, 3.8) is 0 Å². The van der Waals surface area contributed by atoms with Crippen molar-refractivity contribution in [1.82, 2.24) is 0 Å². The number of hydrogen-bond acceptors (Lipinski definition) is 6. The summed E-state index contributed by atoms with van der Waals surface area (Å²) >= 11 is 0. The number of fused-ring (bicyclic) bond motifs is 2. The Morgan fingerprint density at radius 2 is 1.34 bits per heavy atom. The van der Waals surface area contributed by atoms with Gasteiger partial charge in [-0.25, -0.2) is 9.59 Å². The summed E-state index contributed by atoms with van der Waals surface area (Å²) in [7, 11) is 2.57. The number of carbonyl (C=O) groups is 4. The maximum Gasteiger partial charge on any atom is 0.337 e. The number of esters is 2. The molecule has 29 heavy (non-hydrogen) atoms. The van der Waals surface area contributed by atoms with E-state index in [1.54, 1.807) is 30.3 Å². The van der Waals surface area contributed by atoms with E-state index in [9.17, 15) is 19.2 Å². The van der Waals surface area contributed by atoms with Gasteiger partial charge in [-0.2, -0.15) is 0 Å². The fraction of sp³-hybridized carbons (Fsp3) is 0.238. The lowest BCUT2D eigenvalue weighted by molar-refractivity contribution is -0.138. The zero-order valence-electron chi connectivity index (χ0n) is 15.8. The predicted octanol–water partition coefficient (Wildman–Crippen LogP) is 1.94. The van der Waals surface area contributed by atoms with E-state index in [1.165, 1.54) is 20.3 Å². The van der Waals surface area contributed by atoms with Gasteiger partial charge in [0.05, 0.1) is 25.3 Å². The van der Waals surface area contributed by atoms with Crippen molar-refractivity contribution in [3.8, 4) is 0 Å². The second kappa shape index (κ2) is 6.73. The van der Waals surface area contributed by atoms with Gasteiger partial charge in [0.2, 0.25) is 11.8 Å². The van der Waals surface area contributed by atoms with Crippen molar-refractivity contribution in [2.24, 2.45) is 5.41 Å². The highest BCUT2D eigenvalue weighted by Crippen LogP contribution is 2.42. The molecule has 2 aromatic carbocycles. The van der Waals surface area contributed by atoms with Gasteiger partial charge < -0.3 is 20.1 Å². The molecule has 1 atom stereocenters. The third-order valence-corrected chi connectivity index (χ3v) is 5.41. The van der Waals surface area contributed by atoms with Crippen LogP contribution in [0.15, 0.2) is 36.4 Å². The first-order valence-corrected chi connectivity index (χ1v) is 8.93. The normalized spacial score (nSPS) is 19.5. The summed E-state index contributed by atoms with van der Waals surface area (Å²) in [5.41, 5.74) is 1.76. The molecule has 8 heteroatoms. The van der Waals surface area contributed by atoms with Crippen LogP contribution in [-0.4, -0.2) is 38.0 Å². The molecular formula is C21H18N2O6. The molecule has 2 aliphatic heterocycles. The minimum atomic E-state index is -1.35. The molecule has 2 aromatic rings. The largest absolute Gasteiger partial charge is 0.465 e. The van der Waals surface area contributed by atoms with Gasteiger partial charge in [-0.05, 0) is 54.3 Å².